The van der Waals surface area contributed by atoms with Gasteiger partial charge in [-0.1, -0.05) is 79.6 Å². The van der Waals surface area contributed by atoms with Crippen LogP contribution in [0, 0.1) is 34.6 Å². The summed E-state index contributed by atoms with van der Waals surface area (Å²) in [6.07, 6.45) is 6.92. The van der Waals surface area contributed by atoms with Crippen LogP contribution in [0.1, 0.15) is 77.5 Å². The monoisotopic (exact) mass is 456 g/mol. The fourth-order valence-electron chi connectivity index (χ4n) is 3.65. The maximum absolute atomic E-state index is 4.93. The van der Waals surface area contributed by atoms with Crippen LogP contribution in [0.25, 0.3) is 0 Å². The topological polar surface area (TPSA) is 0 Å². The summed E-state index contributed by atoms with van der Waals surface area (Å²) < 4.78 is 0. The SMILES string of the molecule is CC[c-]1ccc(C2CCCC2)c1.Cc1c(C)c(C)[c-](C)c1C.[Cl][Zr+2][Cl]. The van der Waals surface area contributed by atoms with Crippen molar-refractivity contribution >= 4 is 17.0 Å². The zero-order chi connectivity index (χ0) is 19.0. The second-order valence-corrected chi connectivity index (χ2v) is 10.8. The summed E-state index contributed by atoms with van der Waals surface area (Å²) in [6.45, 7) is 13.2. The van der Waals surface area contributed by atoms with Gasteiger partial charge in [-0.15, -0.1) is 0 Å². The predicted octanol–water partition coefficient (Wildman–Crippen LogP) is 7.95. The van der Waals surface area contributed by atoms with Crippen molar-refractivity contribution in [3.8, 4) is 0 Å². The Bertz CT molecular complexity index is 550. The first kappa shape index (κ1) is 23.2. The van der Waals surface area contributed by atoms with E-state index in [1.807, 2.05) is 0 Å². The van der Waals surface area contributed by atoms with Gasteiger partial charge in [0.1, 0.15) is 0 Å². The van der Waals surface area contributed by atoms with Crippen molar-refractivity contribution in [2.45, 2.75) is 79.6 Å². The first-order valence-corrected chi connectivity index (χ1v) is 15.6. The molecule has 138 valence electrons. The summed E-state index contributed by atoms with van der Waals surface area (Å²) in [4.78, 5) is 0. The van der Waals surface area contributed by atoms with Crippen molar-refractivity contribution in [3.63, 3.8) is 0 Å². The molecule has 0 spiro atoms. The molecular formula is C22H32Cl2Zr. The van der Waals surface area contributed by atoms with Gasteiger partial charge in [-0.05, 0) is 0 Å². The standard InChI is InChI=1S/C12H17.C10H15.2ClH.Zr/c1-2-10-7-8-12(9-10)11-5-3-4-6-11;1-6-7(2)9(4)10(5)8(6)3;;;/h7-9,11H,2-6H2,1H3;1-5H3;2*1H;/q2*-1;;;+4/p-2. The maximum atomic E-state index is 4.93. The van der Waals surface area contributed by atoms with E-state index in [0.29, 0.717) is 0 Å². The summed E-state index contributed by atoms with van der Waals surface area (Å²) in [5.41, 5.74) is 10.5. The summed E-state index contributed by atoms with van der Waals surface area (Å²) in [5.74, 6) is 0.894. The molecule has 0 aromatic heterocycles. The quantitative estimate of drug-likeness (QED) is 0.401. The van der Waals surface area contributed by atoms with Crippen LogP contribution in [0.5, 0.6) is 0 Å². The molecule has 0 N–H and O–H groups in total. The second-order valence-electron chi connectivity index (χ2n) is 7.08. The number of halogens is 2. The van der Waals surface area contributed by atoms with Crippen molar-refractivity contribution in [1.82, 2.24) is 0 Å². The molecule has 0 bridgehead atoms. The van der Waals surface area contributed by atoms with E-state index >= 15 is 0 Å². The van der Waals surface area contributed by atoms with Gasteiger partial charge < -0.3 is 0 Å². The molecule has 0 aliphatic heterocycles. The van der Waals surface area contributed by atoms with Gasteiger partial charge >= 0.3 is 37.9 Å². The van der Waals surface area contributed by atoms with Crippen LogP contribution >= 0.6 is 17.0 Å². The Hall–Kier alpha value is 0.163. The third-order valence-corrected chi connectivity index (χ3v) is 5.89. The molecule has 0 nitrogen and oxygen atoms in total. The van der Waals surface area contributed by atoms with E-state index in [0.717, 1.165) is 5.92 Å². The molecule has 0 radical (unpaired) electrons. The Labute approximate surface area is 173 Å². The summed E-state index contributed by atoms with van der Waals surface area (Å²) in [6, 6.07) is 7.01. The molecule has 0 unspecified atom stereocenters. The minimum absolute atomic E-state index is 0.826. The van der Waals surface area contributed by atoms with E-state index in [-0.39, 0.29) is 0 Å². The molecule has 1 aliphatic rings. The molecular weight excluding hydrogens is 426 g/mol. The normalized spacial score (nSPS) is 13.6. The molecule has 3 rings (SSSR count). The van der Waals surface area contributed by atoms with E-state index in [1.54, 1.807) is 5.56 Å². The third kappa shape index (κ3) is 6.68. The summed E-state index contributed by atoms with van der Waals surface area (Å²) in [5, 5.41) is 0. The molecule has 1 aliphatic carbocycles. The van der Waals surface area contributed by atoms with E-state index < -0.39 is 20.8 Å². The predicted molar refractivity (Wildman–Crippen MR) is 110 cm³/mol. The molecule has 0 atom stereocenters. The number of hydrogen-bond donors (Lipinski definition) is 0. The number of rotatable bonds is 2. The minimum atomic E-state index is -0.826. The zero-order valence-electron chi connectivity index (χ0n) is 16.6. The van der Waals surface area contributed by atoms with Crippen LogP contribution < -0.4 is 0 Å². The van der Waals surface area contributed by atoms with Gasteiger partial charge in [0.05, 0.1) is 0 Å². The third-order valence-electron chi connectivity index (χ3n) is 5.89. The van der Waals surface area contributed by atoms with Gasteiger partial charge in [0.2, 0.25) is 0 Å². The van der Waals surface area contributed by atoms with Crippen LogP contribution in [0.15, 0.2) is 18.2 Å². The van der Waals surface area contributed by atoms with Gasteiger partial charge in [0.15, 0.2) is 0 Å². The Morgan fingerprint density at radius 3 is 1.84 bits per heavy atom. The summed E-state index contributed by atoms with van der Waals surface area (Å²) >= 11 is -0.826. The fourth-order valence-corrected chi connectivity index (χ4v) is 3.65. The summed E-state index contributed by atoms with van der Waals surface area (Å²) in [7, 11) is 9.87. The molecule has 2 aromatic rings. The van der Waals surface area contributed by atoms with Crippen LogP contribution in [0.3, 0.4) is 0 Å². The van der Waals surface area contributed by atoms with Crippen LogP contribution in [-0.4, -0.2) is 0 Å². The molecule has 3 heteroatoms. The molecule has 2 aromatic carbocycles. The van der Waals surface area contributed by atoms with E-state index in [9.17, 15) is 0 Å². The Kier molecular flexibility index (Phi) is 10.9. The molecule has 0 heterocycles. The number of aryl methyl sites for hydroxylation is 1. The first-order chi connectivity index (χ1) is 11.9. The van der Waals surface area contributed by atoms with Crippen molar-refractivity contribution < 1.29 is 20.8 Å². The van der Waals surface area contributed by atoms with Crippen molar-refractivity contribution in [3.05, 3.63) is 57.1 Å². The van der Waals surface area contributed by atoms with Gasteiger partial charge in [0, 0.05) is 0 Å². The van der Waals surface area contributed by atoms with Crippen molar-refractivity contribution in [2.75, 3.05) is 0 Å². The van der Waals surface area contributed by atoms with Gasteiger partial charge in [-0.3, -0.25) is 0 Å². The van der Waals surface area contributed by atoms with Gasteiger partial charge in [-0.2, -0.15) is 51.1 Å². The Balaban J connectivity index is 0.000000220. The van der Waals surface area contributed by atoms with E-state index in [2.05, 4.69) is 59.7 Å². The average Bonchev–Trinajstić information content (AvgIpc) is 3.32. The van der Waals surface area contributed by atoms with E-state index in [1.165, 1.54) is 65.5 Å². The van der Waals surface area contributed by atoms with Crippen LogP contribution in [0.2, 0.25) is 0 Å². The second kappa shape index (κ2) is 11.8. The molecule has 1 fully saturated rings. The van der Waals surface area contributed by atoms with Crippen molar-refractivity contribution in [1.29, 1.82) is 0 Å². The fraction of sp³-hybridized carbons (Fsp3) is 0.545. The van der Waals surface area contributed by atoms with Crippen LogP contribution in [0.4, 0.5) is 0 Å². The Morgan fingerprint density at radius 2 is 1.52 bits per heavy atom. The van der Waals surface area contributed by atoms with Crippen LogP contribution in [-0.2, 0) is 27.3 Å². The molecule has 1 saturated carbocycles. The zero-order valence-corrected chi connectivity index (χ0v) is 20.6. The van der Waals surface area contributed by atoms with E-state index in [4.69, 9.17) is 17.0 Å². The molecule has 25 heavy (non-hydrogen) atoms. The molecule has 0 saturated heterocycles. The van der Waals surface area contributed by atoms with Crippen molar-refractivity contribution in [2.24, 2.45) is 0 Å². The Morgan fingerprint density at radius 1 is 1.04 bits per heavy atom. The van der Waals surface area contributed by atoms with Gasteiger partial charge in [-0.25, -0.2) is 6.07 Å². The first-order valence-electron chi connectivity index (χ1n) is 9.28. The molecule has 0 amide bonds. The average molecular weight is 459 g/mol. The van der Waals surface area contributed by atoms with Gasteiger partial charge in [0.25, 0.3) is 0 Å². The number of hydrogen-bond acceptors (Lipinski definition) is 0.